The summed E-state index contributed by atoms with van der Waals surface area (Å²) in [6, 6.07) is -1.24. The average Bonchev–Trinajstić information content (AvgIpc) is 2.33. The van der Waals surface area contributed by atoms with Crippen LogP contribution in [0.1, 0.15) is 12.8 Å². The summed E-state index contributed by atoms with van der Waals surface area (Å²) in [4.78, 5) is 21.3. The van der Waals surface area contributed by atoms with Crippen LogP contribution in [0.15, 0.2) is 0 Å². The number of carboxylic acids is 2. The smallest absolute Gasteiger partial charge is 0.320 e. The number of nitrogens with one attached hydrogen (secondary N) is 1. The van der Waals surface area contributed by atoms with Crippen LogP contribution in [0.5, 0.6) is 0 Å². The molecule has 1 aliphatic rings. The van der Waals surface area contributed by atoms with Crippen molar-refractivity contribution >= 4 is 11.9 Å². The summed E-state index contributed by atoms with van der Waals surface area (Å²) in [6.07, 6.45) is -5.97. The zero-order valence-electron chi connectivity index (χ0n) is 9.97. The van der Waals surface area contributed by atoms with Crippen molar-refractivity contribution in [2.45, 2.75) is 43.4 Å². The molecule has 0 radical (unpaired) electrons. The second-order valence-electron chi connectivity index (χ2n) is 4.29. The highest BCUT2D eigenvalue weighted by Crippen LogP contribution is 2.15. The number of hydrogen-bond acceptors (Lipinski definition) is 7. The van der Waals surface area contributed by atoms with Crippen LogP contribution in [-0.2, 0) is 14.3 Å². The van der Waals surface area contributed by atoms with Crippen LogP contribution >= 0.6 is 0 Å². The number of aliphatic hydroxyl groups is 3. The van der Waals surface area contributed by atoms with Crippen molar-refractivity contribution in [1.29, 1.82) is 0 Å². The third kappa shape index (κ3) is 4.40. The first-order valence-corrected chi connectivity index (χ1v) is 5.69. The van der Waals surface area contributed by atoms with Crippen molar-refractivity contribution < 1.29 is 39.9 Å². The first-order chi connectivity index (χ1) is 8.82. The maximum atomic E-state index is 10.9. The van der Waals surface area contributed by atoms with E-state index in [0.29, 0.717) is 0 Å². The van der Waals surface area contributed by atoms with Gasteiger partial charge in [0.15, 0.2) is 0 Å². The van der Waals surface area contributed by atoms with E-state index in [0.717, 1.165) is 0 Å². The van der Waals surface area contributed by atoms with E-state index in [1.807, 2.05) is 0 Å². The Kier molecular flexibility index (Phi) is 5.63. The van der Waals surface area contributed by atoms with Crippen LogP contribution in [0.2, 0.25) is 0 Å². The van der Waals surface area contributed by atoms with Crippen LogP contribution in [0.25, 0.3) is 0 Å². The summed E-state index contributed by atoms with van der Waals surface area (Å²) < 4.78 is 4.98. The van der Waals surface area contributed by atoms with Gasteiger partial charge in [-0.05, 0) is 6.42 Å². The molecule has 0 saturated carbocycles. The zero-order valence-corrected chi connectivity index (χ0v) is 9.97. The van der Waals surface area contributed by atoms with Crippen LogP contribution in [-0.4, -0.2) is 74.7 Å². The molecule has 0 aliphatic carbocycles. The molecular formula is C10H17NO8. The zero-order chi connectivity index (χ0) is 14.6. The van der Waals surface area contributed by atoms with Gasteiger partial charge in [-0.1, -0.05) is 0 Å². The Morgan fingerprint density at radius 2 is 1.84 bits per heavy atom. The van der Waals surface area contributed by atoms with E-state index in [4.69, 9.17) is 14.9 Å². The summed E-state index contributed by atoms with van der Waals surface area (Å²) >= 11 is 0. The van der Waals surface area contributed by atoms with Crippen molar-refractivity contribution in [2.24, 2.45) is 0 Å². The van der Waals surface area contributed by atoms with Crippen molar-refractivity contribution in [3.63, 3.8) is 0 Å². The molecule has 0 spiro atoms. The molecule has 0 unspecified atom stereocenters. The number of rotatable bonds is 6. The molecule has 0 aromatic carbocycles. The lowest BCUT2D eigenvalue weighted by atomic mass is 10.0. The predicted molar refractivity (Wildman–Crippen MR) is 59.2 cm³/mol. The van der Waals surface area contributed by atoms with E-state index in [1.54, 1.807) is 0 Å². The lowest BCUT2D eigenvalue weighted by Crippen LogP contribution is -2.60. The number of aliphatic hydroxyl groups excluding tert-OH is 3. The van der Waals surface area contributed by atoms with Gasteiger partial charge in [-0.2, -0.15) is 0 Å². The van der Waals surface area contributed by atoms with Crippen molar-refractivity contribution in [3.8, 4) is 0 Å². The molecule has 6 N–H and O–H groups in total. The number of aliphatic carboxylic acids is 2. The molecule has 1 aliphatic heterocycles. The van der Waals surface area contributed by atoms with Gasteiger partial charge in [-0.25, -0.2) is 0 Å². The average molecular weight is 279 g/mol. The number of carboxylic acid groups (broad SMARTS) is 2. The minimum Gasteiger partial charge on any atom is -0.481 e. The molecule has 19 heavy (non-hydrogen) atoms. The van der Waals surface area contributed by atoms with Gasteiger partial charge in [0, 0.05) is 6.42 Å². The van der Waals surface area contributed by atoms with Crippen LogP contribution in [0.4, 0.5) is 0 Å². The Labute approximate surface area is 108 Å². The van der Waals surface area contributed by atoms with E-state index in [1.165, 1.54) is 0 Å². The molecule has 0 bridgehead atoms. The lowest BCUT2D eigenvalue weighted by Gasteiger charge is -2.36. The van der Waals surface area contributed by atoms with Gasteiger partial charge in [0.1, 0.15) is 30.6 Å². The van der Waals surface area contributed by atoms with Gasteiger partial charge >= 0.3 is 11.9 Å². The fourth-order valence-electron chi connectivity index (χ4n) is 1.70. The van der Waals surface area contributed by atoms with Gasteiger partial charge < -0.3 is 30.3 Å². The highest BCUT2D eigenvalue weighted by Gasteiger charge is 2.39. The van der Waals surface area contributed by atoms with E-state index in [9.17, 15) is 24.9 Å². The maximum Gasteiger partial charge on any atom is 0.320 e. The maximum absolute atomic E-state index is 10.9. The summed E-state index contributed by atoms with van der Waals surface area (Å²) in [7, 11) is 0. The molecule has 5 atom stereocenters. The highest BCUT2D eigenvalue weighted by atomic mass is 16.5. The first-order valence-electron chi connectivity index (χ1n) is 5.69. The summed E-state index contributed by atoms with van der Waals surface area (Å²) in [5, 5.41) is 48.1. The molecule has 1 heterocycles. The molecule has 1 fully saturated rings. The Hall–Kier alpha value is -1.26. The number of hydrogen-bond donors (Lipinski definition) is 6. The molecule has 0 aromatic rings. The third-order valence-electron chi connectivity index (χ3n) is 2.81. The predicted octanol–water partition coefficient (Wildman–Crippen LogP) is -2.67. The van der Waals surface area contributed by atoms with Crippen LogP contribution < -0.4 is 5.32 Å². The van der Waals surface area contributed by atoms with Gasteiger partial charge in [0.05, 0.1) is 6.61 Å². The van der Waals surface area contributed by atoms with E-state index in [2.05, 4.69) is 5.32 Å². The Morgan fingerprint density at radius 3 is 2.37 bits per heavy atom. The lowest BCUT2D eigenvalue weighted by molar-refractivity contribution is -0.198. The molecule has 9 nitrogen and oxygen atoms in total. The fraction of sp³-hybridized carbons (Fsp3) is 0.800. The van der Waals surface area contributed by atoms with Crippen molar-refractivity contribution in [3.05, 3.63) is 0 Å². The molecule has 1 rings (SSSR count). The fourth-order valence-corrected chi connectivity index (χ4v) is 1.70. The molecule has 0 amide bonds. The van der Waals surface area contributed by atoms with Gasteiger partial charge in [0.25, 0.3) is 0 Å². The summed E-state index contributed by atoms with van der Waals surface area (Å²) in [6.45, 7) is -0.263. The molecule has 1 saturated heterocycles. The Morgan fingerprint density at radius 1 is 1.21 bits per heavy atom. The summed E-state index contributed by atoms with van der Waals surface area (Å²) in [5.74, 6) is -2.44. The largest absolute Gasteiger partial charge is 0.481 e. The monoisotopic (exact) mass is 279 g/mol. The van der Waals surface area contributed by atoms with E-state index in [-0.39, 0.29) is 19.4 Å². The molecule has 9 heteroatoms. The molecule has 110 valence electrons. The Bertz CT molecular complexity index is 335. The number of ether oxygens (including phenoxy) is 1. The SMILES string of the molecule is O=C(O)CC[C@H](N[C@@H]1OC[C@@H](O)[C@H](O)[C@H]1O)C(=O)O. The van der Waals surface area contributed by atoms with Crippen molar-refractivity contribution in [1.82, 2.24) is 5.32 Å². The molecular weight excluding hydrogens is 262 g/mol. The Balaban J connectivity index is 2.58. The minimum absolute atomic E-state index is 0.199. The van der Waals surface area contributed by atoms with Gasteiger partial charge in [-0.15, -0.1) is 0 Å². The van der Waals surface area contributed by atoms with Gasteiger partial charge in [-0.3, -0.25) is 14.9 Å². The number of carbonyl (C=O) groups is 2. The van der Waals surface area contributed by atoms with Crippen molar-refractivity contribution in [2.75, 3.05) is 6.61 Å². The molecule has 0 aromatic heterocycles. The normalized spacial score (nSPS) is 32.8. The third-order valence-corrected chi connectivity index (χ3v) is 2.81. The standard InChI is InChI=1S/C10H17NO8/c12-5-3-19-9(8(16)7(5)15)11-4(10(17)18)1-2-6(13)14/h4-5,7-9,11-12,15-16H,1-3H2,(H,13,14)(H,17,18)/t4-,5+,7-,8+,9+/m0/s1. The van der Waals surface area contributed by atoms with Crippen LogP contribution in [0, 0.1) is 0 Å². The first kappa shape index (κ1) is 15.8. The van der Waals surface area contributed by atoms with E-state index < -0.39 is 42.5 Å². The summed E-state index contributed by atoms with van der Waals surface area (Å²) in [5.41, 5.74) is 0. The van der Waals surface area contributed by atoms with E-state index >= 15 is 0 Å². The minimum atomic E-state index is -1.50. The second kappa shape index (κ2) is 6.78. The van der Waals surface area contributed by atoms with Gasteiger partial charge in [0.2, 0.25) is 0 Å². The highest BCUT2D eigenvalue weighted by molar-refractivity contribution is 5.75. The quantitative estimate of drug-likeness (QED) is 0.305. The van der Waals surface area contributed by atoms with Crippen LogP contribution in [0.3, 0.4) is 0 Å². The second-order valence-corrected chi connectivity index (χ2v) is 4.29. The topological polar surface area (TPSA) is 157 Å².